The zero-order chi connectivity index (χ0) is 20.8. The lowest BCUT2D eigenvalue weighted by Gasteiger charge is -2.32. The molecule has 0 bridgehead atoms. The highest BCUT2D eigenvalue weighted by molar-refractivity contribution is 6.00. The number of carbonyl (C=O) groups is 3. The van der Waals surface area contributed by atoms with Crippen molar-refractivity contribution in [3.63, 3.8) is 0 Å². The van der Waals surface area contributed by atoms with E-state index in [1.807, 2.05) is 6.92 Å². The molecule has 0 aliphatic heterocycles. The fourth-order valence-corrected chi connectivity index (χ4v) is 5.15. The van der Waals surface area contributed by atoms with Crippen molar-refractivity contribution in [1.29, 1.82) is 0 Å². The molecule has 0 fully saturated rings. The Balaban J connectivity index is 2.20. The first-order valence-electron chi connectivity index (χ1n) is 11.0. The minimum absolute atomic E-state index is 0.0458. The Morgan fingerprint density at radius 2 is 1.86 bits per heavy atom. The van der Waals surface area contributed by atoms with E-state index >= 15 is 0 Å². The van der Waals surface area contributed by atoms with Crippen molar-refractivity contribution in [2.75, 3.05) is 0 Å². The lowest BCUT2D eigenvalue weighted by atomic mass is 9.72. The number of carbonyl (C=O) groups excluding carboxylic acids is 3. The fraction of sp³-hybridized carbons (Fsp3) is 0.640. The highest BCUT2D eigenvalue weighted by Crippen LogP contribution is 2.37. The number of ketones is 3. The Bertz CT molecular complexity index is 732. The Morgan fingerprint density at radius 3 is 2.43 bits per heavy atom. The smallest absolute Gasteiger partial charge is 0.163 e. The van der Waals surface area contributed by atoms with E-state index in [9.17, 15) is 14.4 Å². The molecule has 0 saturated heterocycles. The summed E-state index contributed by atoms with van der Waals surface area (Å²) in [6, 6.07) is 4.30. The number of fused-ring (bicyclic) bond motifs is 1. The maximum absolute atomic E-state index is 12.9. The van der Waals surface area contributed by atoms with Crippen LogP contribution in [0.4, 0.5) is 0 Å². The topological polar surface area (TPSA) is 51.2 Å². The first-order valence-corrected chi connectivity index (χ1v) is 11.0. The summed E-state index contributed by atoms with van der Waals surface area (Å²) in [6.07, 6.45) is 6.16. The van der Waals surface area contributed by atoms with Crippen LogP contribution in [0.3, 0.4) is 0 Å². The molecular weight excluding hydrogens is 348 g/mol. The standard InChI is InChI=1S/C25H36O3/c1-6-9-20(22(8-3)23(27)12-16(4)26)13-18-14-21-11-10-19(7-2)17(5)25(21)24(28)15-18/h10-11,18,20,22H,6-9,12-15H2,1-5H3. The Labute approximate surface area is 170 Å². The molecule has 0 saturated carbocycles. The molecule has 0 radical (unpaired) electrons. The summed E-state index contributed by atoms with van der Waals surface area (Å²) in [4.78, 5) is 37.0. The zero-order valence-electron chi connectivity index (χ0n) is 18.3. The van der Waals surface area contributed by atoms with Crippen LogP contribution in [0.5, 0.6) is 0 Å². The molecule has 0 N–H and O–H groups in total. The summed E-state index contributed by atoms with van der Waals surface area (Å²) < 4.78 is 0. The molecule has 1 aliphatic rings. The molecular formula is C25H36O3. The number of benzene rings is 1. The normalized spacial score (nSPS) is 18.5. The van der Waals surface area contributed by atoms with Gasteiger partial charge >= 0.3 is 0 Å². The van der Waals surface area contributed by atoms with E-state index in [1.54, 1.807) is 0 Å². The van der Waals surface area contributed by atoms with Gasteiger partial charge in [0.25, 0.3) is 0 Å². The van der Waals surface area contributed by atoms with E-state index < -0.39 is 0 Å². The number of rotatable bonds is 10. The van der Waals surface area contributed by atoms with Gasteiger partial charge in [0.05, 0.1) is 6.42 Å². The van der Waals surface area contributed by atoms with E-state index in [4.69, 9.17) is 0 Å². The molecule has 28 heavy (non-hydrogen) atoms. The maximum atomic E-state index is 12.9. The van der Waals surface area contributed by atoms with Crippen molar-refractivity contribution in [3.8, 4) is 0 Å². The van der Waals surface area contributed by atoms with Crippen LogP contribution in [0.2, 0.25) is 0 Å². The second-order valence-corrected chi connectivity index (χ2v) is 8.58. The van der Waals surface area contributed by atoms with Crippen LogP contribution in [0.25, 0.3) is 0 Å². The summed E-state index contributed by atoms with van der Waals surface area (Å²) >= 11 is 0. The van der Waals surface area contributed by atoms with Gasteiger partial charge in [0.2, 0.25) is 0 Å². The SMILES string of the molecule is CCCC(CC1CC(=O)c2c(ccc(CC)c2C)C1)C(CC)C(=O)CC(C)=O. The molecule has 3 heteroatoms. The van der Waals surface area contributed by atoms with Crippen molar-refractivity contribution in [1.82, 2.24) is 0 Å². The third kappa shape index (κ3) is 5.18. The summed E-state index contributed by atoms with van der Waals surface area (Å²) in [5, 5.41) is 0. The lowest BCUT2D eigenvalue weighted by molar-refractivity contribution is -0.129. The van der Waals surface area contributed by atoms with Crippen LogP contribution in [-0.4, -0.2) is 17.3 Å². The van der Waals surface area contributed by atoms with E-state index in [0.717, 1.165) is 49.7 Å². The van der Waals surface area contributed by atoms with Gasteiger partial charge in [0.15, 0.2) is 5.78 Å². The van der Waals surface area contributed by atoms with Crippen molar-refractivity contribution >= 4 is 17.3 Å². The summed E-state index contributed by atoms with van der Waals surface area (Å²) in [5.41, 5.74) is 4.53. The van der Waals surface area contributed by atoms with Crippen molar-refractivity contribution in [3.05, 3.63) is 34.4 Å². The summed E-state index contributed by atoms with van der Waals surface area (Å²) in [7, 11) is 0. The largest absolute Gasteiger partial charge is 0.300 e. The third-order valence-electron chi connectivity index (χ3n) is 6.45. The van der Waals surface area contributed by atoms with E-state index in [-0.39, 0.29) is 35.6 Å². The quantitative estimate of drug-likeness (QED) is 0.487. The van der Waals surface area contributed by atoms with Gasteiger partial charge in [-0.3, -0.25) is 14.4 Å². The minimum atomic E-state index is -0.0652. The molecule has 154 valence electrons. The second kappa shape index (κ2) is 10.1. The molecule has 1 aromatic carbocycles. The molecule has 0 spiro atoms. The molecule has 3 nitrogen and oxygen atoms in total. The lowest BCUT2D eigenvalue weighted by Crippen LogP contribution is -2.30. The molecule has 2 rings (SSSR count). The number of Topliss-reactive ketones (excluding diaryl/α,β-unsaturated/α-hetero) is 3. The predicted octanol–water partition coefficient (Wildman–Crippen LogP) is 5.68. The Morgan fingerprint density at radius 1 is 1.14 bits per heavy atom. The molecule has 0 amide bonds. The Hall–Kier alpha value is -1.77. The highest BCUT2D eigenvalue weighted by atomic mass is 16.1. The van der Waals surface area contributed by atoms with Crippen molar-refractivity contribution in [2.45, 2.75) is 86.0 Å². The average molecular weight is 385 g/mol. The molecule has 3 atom stereocenters. The van der Waals surface area contributed by atoms with Gasteiger partial charge in [-0.25, -0.2) is 0 Å². The highest BCUT2D eigenvalue weighted by Gasteiger charge is 2.33. The molecule has 0 aromatic heterocycles. The van der Waals surface area contributed by atoms with Crippen LogP contribution in [0, 0.1) is 24.7 Å². The third-order valence-corrected chi connectivity index (χ3v) is 6.45. The zero-order valence-corrected chi connectivity index (χ0v) is 18.3. The van der Waals surface area contributed by atoms with Crippen LogP contribution < -0.4 is 0 Å². The molecule has 3 unspecified atom stereocenters. The van der Waals surface area contributed by atoms with Crippen LogP contribution in [0.15, 0.2) is 12.1 Å². The van der Waals surface area contributed by atoms with E-state index in [1.165, 1.54) is 18.1 Å². The van der Waals surface area contributed by atoms with Crippen LogP contribution >= 0.6 is 0 Å². The first-order chi connectivity index (χ1) is 13.3. The van der Waals surface area contributed by atoms with E-state index in [2.05, 4.69) is 32.9 Å². The number of hydrogen-bond donors (Lipinski definition) is 0. The van der Waals surface area contributed by atoms with Gasteiger partial charge in [0.1, 0.15) is 11.6 Å². The summed E-state index contributed by atoms with van der Waals surface area (Å²) in [5.74, 6) is 0.781. The van der Waals surface area contributed by atoms with Gasteiger partial charge in [-0.05, 0) is 68.1 Å². The molecule has 0 heterocycles. The van der Waals surface area contributed by atoms with Crippen LogP contribution in [0.1, 0.15) is 93.3 Å². The molecule has 1 aliphatic carbocycles. The summed E-state index contributed by atoms with van der Waals surface area (Å²) in [6.45, 7) is 9.88. The molecule has 1 aromatic rings. The Kier molecular flexibility index (Phi) is 8.15. The first kappa shape index (κ1) is 22.5. The second-order valence-electron chi connectivity index (χ2n) is 8.58. The van der Waals surface area contributed by atoms with Crippen molar-refractivity contribution < 1.29 is 14.4 Å². The average Bonchev–Trinajstić information content (AvgIpc) is 2.61. The number of hydrogen-bond acceptors (Lipinski definition) is 3. The van der Waals surface area contributed by atoms with Crippen LogP contribution in [-0.2, 0) is 22.4 Å². The maximum Gasteiger partial charge on any atom is 0.163 e. The van der Waals surface area contributed by atoms with Gasteiger partial charge in [0, 0.05) is 17.9 Å². The predicted molar refractivity (Wildman–Crippen MR) is 114 cm³/mol. The van der Waals surface area contributed by atoms with Gasteiger partial charge in [-0.2, -0.15) is 0 Å². The van der Waals surface area contributed by atoms with Gasteiger partial charge < -0.3 is 0 Å². The van der Waals surface area contributed by atoms with Crippen molar-refractivity contribution in [2.24, 2.45) is 17.8 Å². The fourth-order valence-electron chi connectivity index (χ4n) is 5.15. The number of aryl methyl sites for hydroxylation is 1. The van der Waals surface area contributed by atoms with E-state index in [0.29, 0.717) is 12.3 Å². The van der Waals surface area contributed by atoms with Gasteiger partial charge in [-0.15, -0.1) is 0 Å². The minimum Gasteiger partial charge on any atom is -0.300 e. The monoisotopic (exact) mass is 384 g/mol. The van der Waals surface area contributed by atoms with Gasteiger partial charge in [-0.1, -0.05) is 45.7 Å².